The number of H-pyrrole nitrogens is 1. The zero-order valence-corrected chi connectivity index (χ0v) is 11.8. The molecule has 0 aliphatic carbocycles. The SMILES string of the molecule is CCc1ncc(S(=O)(=O)Nc2c(C(=N)N)cnn2C)[nH]1. The third-order valence-electron chi connectivity index (χ3n) is 2.69. The fourth-order valence-corrected chi connectivity index (χ4v) is 2.65. The number of amidine groups is 1. The average molecular weight is 297 g/mol. The summed E-state index contributed by atoms with van der Waals surface area (Å²) in [7, 11) is -2.28. The number of sulfonamides is 1. The largest absolute Gasteiger partial charge is 0.384 e. The van der Waals surface area contributed by atoms with Gasteiger partial charge in [0.05, 0.1) is 18.0 Å². The Labute approximate surface area is 115 Å². The van der Waals surface area contributed by atoms with E-state index in [-0.39, 0.29) is 22.2 Å². The molecule has 9 nitrogen and oxygen atoms in total. The molecule has 0 atom stereocenters. The maximum absolute atomic E-state index is 12.2. The highest BCUT2D eigenvalue weighted by molar-refractivity contribution is 7.92. The number of hydrogen-bond donors (Lipinski definition) is 4. The molecule has 0 aromatic carbocycles. The van der Waals surface area contributed by atoms with Crippen LogP contribution in [0.1, 0.15) is 18.3 Å². The van der Waals surface area contributed by atoms with E-state index in [0.717, 1.165) is 0 Å². The molecule has 2 aromatic rings. The summed E-state index contributed by atoms with van der Waals surface area (Å²) >= 11 is 0. The summed E-state index contributed by atoms with van der Waals surface area (Å²) in [4.78, 5) is 6.65. The predicted molar refractivity (Wildman–Crippen MR) is 73.0 cm³/mol. The van der Waals surface area contributed by atoms with Gasteiger partial charge < -0.3 is 10.7 Å². The number of aryl methyl sites for hydroxylation is 2. The summed E-state index contributed by atoms with van der Waals surface area (Å²) in [6, 6.07) is 0. The van der Waals surface area contributed by atoms with Gasteiger partial charge in [-0.15, -0.1) is 0 Å². The first-order valence-corrected chi connectivity index (χ1v) is 7.26. The maximum Gasteiger partial charge on any atom is 0.280 e. The van der Waals surface area contributed by atoms with Crippen LogP contribution in [0.15, 0.2) is 17.4 Å². The van der Waals surface area contributed by atoms with Crippen molar-refractivity contribution in [1.82, 2.24) is 19.7 Å². The fourth-order valence-electron chi connectivity index (χ4n) is 1.60. The molecular weight excluding hydrogens is 282 g/mol. The summed E-state index contributed by atoms with van der Waals surface area (Å²) in [6.45, 7) is 1.86. The van der Waals surface area contributed by atoms with E-state index in [1.807, 2.05) is 6.92 Å². The van der Waals surface area contributed by atoms with Crippen molar-refractivity contribution in [1.29, 1.82) is 5.41 Å². The Bertz CT molecular complexity index is 743. The molecule has 0 bridgehead atoms. The van der Waals surface area contributed by atoms with E-state index >= 15 is 0 Å². The molecule has 0 aliphatic rings. The summed E-state index contributed by atoms with van der Waals surface area (Å²) in [5.74, 6) is 0.432. The lowest BCUT2D eigenvalue weighted by Crippen LogP contribution is -2.20. The quantitative estimate of drug-likeness (QED) is 0.446. The van der Waals surface area contributed by atoms with Crippen molar-refractivity contribution in [2.45, 2.75) is 18.4 Å². The molecule has 5 N–H and O–H groups in total. The highest BCUT2D eigenvalue weighted by Gasteiger charge is 2.21. The lowest BCUT2D eigenvalue weighted by atomic mass is 10.3. The second-order valence-corrected chi connectivity index (χ2v) is 5.75. The number of nitrogens with two attached hydrogens (primary N) is 1. The Hall–Kier alpha value is -2.36. The molecule has 0 aliphatic heterocycles. The van der Waals surface area contributed by atoms with Crippen LogP contribution < -0.4 is 10.5 Å². The number of nitrogens with one attached hydrogen (secondary N) is 3. The van der Waals surface area contributed by atoms with Crippen LogP contribution in [-0.2, 0) is 23.5 Å². The van der Waals surface area contributed by atoms with E-state index in [9.17, 15) is 8.42 Å². The van der Waals surface area contributed by atoms with Gasteiger partial charge in [0, 0.05) is 13.5 Å². The number of aromatic amines is 1. The van der Waals surface area contributed by atoms with Gasteiger partial charge in [0.2, 0.25) is 0 Å². The summed E-state index contributed by atoms with van der Waals surface area (Å²) in [5.41, 5.74) is 5.60. The number of anilines is 1. The first kappa shape index (κ1) is 14.1. The highest BCUT2D eigenvalue weighted by atomic mass is 32.2. The minimum Gasteiger partial charge on any atom is -0.384 e. The Morgan fingerprint density at radius 3 is 2.80 bits per heavy atom. The van der Waals surface area contributed by atoms with Crippen LogP contribution in [0.3, 0.4) is 0 Å². The van der Waals surface area contributed by atoms with Gasteiger partial charge >= 0.3 is 0 Å². The monoisotopic (exact) mass is 297 g/mol. The molecule has 108 valence electrons. The molecule has 0 saturated carbocycles. The van der Waals surface area contributed by atoms with Crippen LogP contribution in [-0.4, -0.2) is 34.0 Å². The van der Waals surface area contributed by atoms with Crippen molar-refractivity contribution >= 4 is 21.7 Å². The van der Waals surface area contributed by atoms with Gasteiger partial charge in [-0.3, -0.25) is 14.8 Å². The van der Waals surface area contributed by atoms with E-state index in [4.69, 9.17) is 11.1 Å². The summed E-state index contributed by atoms with van der Waals surface area (Å²) < 4.78 is 28.1. The molecule has 2 heterocycles. The van der Waals surface area contributed by atoms with Gasteiger partial charge in [0.15, 0.2) is 5.03 Å². The lowest BCUT2D eigenvalue weighted by Gasteiger charge is -2.08. The van der Waals surface area contributed by atoms with Gasteiger partial charge in [-0.25, -0.2) is 4.98 Å². The number of aromatic nitrogens is 4. The summed E-state index contributed by atoms with van der Waals surface area (Å²) in [6.07, 6.45) is 3.16. The van der Waals surface area contributed by atoms with Crippen molar-refractivity contribution in [3.05, 3.63) is 23.8 Å². The molecule has 2 rings (SSSR count). The first-order valence-electron chi connectivity index (χ1n) is 5.78. The Kier molecular flexibility index (Phi) is 3.49. The normalized spacial score (nSPS) is 11.5. The minimum atomic E-state index is -3.83. The highest BCUT2D eigenvalue weighted by Crippen LogP contribution is 2.18. The Balaban J connectivity index is 2.38. The molecule has 20 heavy (non-hydrogen) atoms. The van der Waals surface area contributed by atoms with E-state index < -0.39 is 10.0 Å². The lowest BCUT2D eigenvalue weighted by molar-refractivity contribution is 0.597. The minimum absolute atomic E-state index is 0.0509. The van der Waals surface area contributed by atoms with Gasteiger partial charge in [-0.05, 0) is 0 Å². The van der Waals surface area contributed by atoms with E-state index in [2.05, 4.69) is 19.8 Å². The molecule has 2 aromatic heterocycles. The molecule has 0 spiro atoms. The molecule has 0 fully saturated rings. The smallest absolute Gasteiger partial charge is 0.280 e. The van der Waals surface area contributed by atoms with E-state index in [0.29, 0.717) is 12.2 Å². The zero-order valence-electron chi connectivity index (χ0n) is 11.0. The van der Waals surface area contributed by atoms with Crippen LogP contribution in [0.2, 0.25) is 0 Å². The number of nitrogens with zero attached hydrogens (tertiary/aromatic N) is 3. The predicted octanol–water partition coefficient (Wildman–Crippen LogP) is -0.210. The summed E-state index contributed by atoms with van der Waals surface area (Å²) in [5, 5.41) is 11.2. The number of nitrogen functional groups attached to an aromatic ring is 1. The van der Waals surface area contributed by atoms with Crippen molar-refractivity contribution in [3.63, 3.8) is 0 Å². The molecule has 0 saturated heterocycles. The van der Waals surface area contributed by atoms with Crippen molar-refractivity contribution < 1.29 is 8.42 Å². The molecule has 0 unspecified atom stereocenters. The van der Waals surface area contributed by atoms with Crippen LogP contribution >= 0.6 is 0 Å². The molecule has 10 heteroatoms. The van der Waals surface area contributed by atoms with E-state index in [1.165, 1.54) is 17.1 Å². The molecular formula is C10H15N7O2S. The molecule has 0 radical (unpaired) electrons. The number of imidazole rings is 1. The molecule has 0 amide bonds. The van der Waals surface area contributed by atoms with Crippen LogP contribution in [0, 0.1) is 5.41 Å². The zero-order chi connectivity index (χ0) is 14.9. The second kappa shape index (κ2) is 4.96. The third kappa shape index (κ3) is 2.50. The second-order valence-electron chi connectivity index (χ2n) is 4.10. The van der Waals surface area contributed by atoms with Crippen LogP contribution in [0.4, 0.5) is 5.82 Å². The van der Waals surface area contributed by atoms with E-state index in [1.54, 1.807) is 7.05 Å². The van der Waals surface area contributed by atoms with Gasteiger partial charge in [-0.1, -0.05) is 6.92 Å². The van der Waals surface area contributed by atoms with Crippen molar-refractivity contribution in [2.24, 2.45) is 12.8 Å². The number of hydrogen-bond acceptors (Lipinski definition) is 5. The topological polar surface area (TPSA) is 143 Å². The Morgan fingerprint density at radius 1 is 1.55 bits per heavy atom. The Morgan fingerprint density at radius 2 is 2.25 bits per heavy atom. The average Bonchev–Trinajstić information content (AvgIpc) is 2.97. The van der Waals surface area contributed by atoms with Crippen LogP contribution in [0.25, 0.3) is 0 Å². The van der Waals surface area contributed by atoms with Crippen molar-refractivity contribution in [3.8, 4) is 0 Å². The van der Waals surface area contributed by atoms with Gasteiger partial charge in [-0.2, -0.15) is 13.5 Å². The standard InChI is InChI=1S/C10H15N7O2S/c1-3-7-13-5-8(15-7)20(18,19)16-10-6(9(11)12)4-14-17(10)2/h4-5,16H,3H2,1-2H3,(H3,11,12)(H,13,15). The first-order chi connectivity index (χ1) is 9.35. The maximum atomic E-state index is 12.2. The van der Waals surface area contributed by atoms with Crippen LogP contribution in [0.5, 0.6) is 0 Å². The third-order valence-corrected chi connectivity index (χ3v) is 3.94. The fraction of sp³-hybridized carbons (Fsp3) is 0.300. The van der Waals surface area contributed by atoms with Crippen molar-refractivity contribution in [2.75, 3.05) is 4.72 Å². The van der Waals surface area contributed by atoms with Gasteiger partial charge in [0.1, 0.15) is 17.5 Å². The number of rotatable bonds is 5. The van der Waals surface area contributed by atoms with Gasteiger partial charge in [0.25, 0.3) is 10.0 Å².